The number of rotatable bonds is 3. The second kappa shape index (κ2) is 5.83. The van der Waals surface area contributed by atoms with Crippen LogP contribution in [0.2, 0.25) is 0 Å². The molecule has 0 aromatic heterocycles. The average molecular weight is 243 g/mol. The molecule has 0 aromatic rings. The first-order valence-corrected chi connectivity index (χ1v) is 6.35. The quantitative estimate of drug-likeness (QED) is 0.760. The van der Waals surface area contributed by atoms with Crippen molar-refractivity contribution >= 4 is 5.91 Å². The van der Waals surface area contributed by atoms with Gasteiger partial charge in [-0.05, 0) is 18.3 Å². The third kappa shape index (κ3) is 2.80. The molecular weight excluding hydrogens is 218 g/mol. The van der Waals surface area contributed by atoms with Crippen LogP contribution < -0.4 is 0 Å². The van der Waals surface area contributed by atoms with E-state index < -0.39 is 0 Å². The summed E-state index contributed by atoms with van der Waals surface area (Å²) in [6.07, 6.45) is 0.869. The van der Waals surface area contributed by atoms with Crippen LogP contribution in [0.3, 0.4) is 0 Å². The van der Waals surface area contributed by atoms with Gasteiger partial charge in [0.1, 0.15) is 0 Å². The molecule has 5 atom stereocenters. The number of carbonyl (C=O) groups is 1. The molecule has 100 valence electrons. The first kappa shape index (κ1) is 14.5. The third-order valence-corrected chi connectivity index (χ3v) is 4.12. The van der Waals surface area contributed by atoms with Gasteiger partial charge in [0.15, 0.2) is 6.29 Å². The summed E-state index contributed by atoms with van der Waals surface area (Å²) < 4.78 is 11.3. The van der Waals surface area contributed by atoms with E-state index in [9.17, 15) is 4.79 Å². The lowest BCUT2D eigenvalue weighted by molar-refractivity contribution is -0.242. The molecule has 1 fully saturated rings. The molecule has 1 rings (SSSR count). The highest BCUT2D eigenvalue weighted by atomic mass is 16.7. The maximum Gasteiger partial charge on any atom is 0.219 e. The third-order valence-electron chi connectivity index (χ3n) is 4.12. The van der Waals surface area contributed by atoms with Crippen molar-refractivity contribution in [2.45, 2.75) is 52.6 Å². The molecule has 4 nitrogen and oxygen atoms in total. The zero-order valence-corrected chi connectivity index (χ0v) is 11.8. The van der Waals surface area contributed by atoms with Crippen molar-refractivity contribution in [1.29, 1.82) is 0 Å². The van der Waals surface area contributed by atoms with E-state index in [0.717, 1.165) is 6.42 Å². The minimum absolute atomic E-state index is 0.00435. The molecule has 1 saturated heterocycles. The molecule has 0 N–H and O–H groups in total. The minimum atomic E-state index is -0.319. The van der Waals surface area contributed by atoms with E-state index in [1.807, 2.05) is 7.05 Å². The molecule has 17 heavy (non-hydrogen) atoms. The van der Waals surface area contributed by atoms with Crippen LogP contribution in [0.4, 0.5) is 0 Å². The Hall–Kier alpha value is -0.610. The fourth-order valence-corrected chi connectivity index (χ4v) is 2.68. The zero-order valence-electron chi connectivity index (χ0n) is 11.8. The molecule has 5 unspecified atom stereocenters. The molecule has 4 heteroatoms. The predicted octanol–water partition coefficient (Wildman–Crippen LogP) is 1.89. The van der Waals surface area contributed by atoms with Gasteiger partial charge in [0.05, 0.1) is 12.1 Å². The summed E-state index contributed by atoms with van der Waals surface area (Å²) in [5.74, 6) is 0.848. The second-order valence-corrected chi connectivity index (χ2v) is 5.03. The lowest BCUT2D eigenvalue weighted by Crippen LogP contribution is -2.57. The van der Waals surface area contributed by atoms with Gasteiger partial charge in [0, 0.05) is 21.1 Å². The van der Waals surface area contributed by atoms with E-state index in [4.69, 9.17) is 9.47 Å². The van der Waals surface area contributed by atoms with Gasteiger partial charge in [-0.25, -0.2) is 0 Å². The average Bonchev–Trinajstić information content (AvgIpc) is 2.31. The van der Waals surface area contributed by atoms with Crippen LogP contribution in [0.25, 0.3) is 0 Å². The first-order chi connectivity index (χ1) is 7.93. The Balaban J connectivity index is 2.90. The van der Waals surface area contributed by atoms with E-state index in [1.165, 1.54) is 0 Å². The summed E-state index contributed by atoms with van der Waals surface area (Å²) in [5.41, 5.74) is 0. The zero-order chi connectivity index (χ0) is 13.2. The van der Waals surface area contributed by atoms with E-state index in [0.29, 0.717) is 11.8 Å². The van der Waals surface area contributed by atoms with Crippen LogP contribution in [-0.4, -0.2) is 43.4 Å². The van der Waals surface area contributed by atoms with Gasteiger partial charge < -0.3 is 14.4 Å². The maximum atomic E-state index is 11.5. The molecule has 0 bridgehead atoms. The molecule has 0 aliphatic carbocycles. The highest BCUT2D eigenvalue weighted by molar-refractivity contribution is 5.73. The van der Waals surface area contributed by atoms with E-state index >= 15 is 0 Å². The fraction of sp³-hybridized carbons (Fsp3) is 0.923. The number of amides is 1. The number of hydrogen-bond donors (Lipinski definition) is 0. The molecule has 1 aliphatic heterocycles. The van der Waals surface area contributed by atoms with Gasteiger partial charge >= 0.3 is 0 Å². The Bertz CT molecular complexity index is 267. The lowest BCUT2D eigenvalue weighted by atomic mass is 9.80. The Kier molecular flexibility index (Phi) is 4.95. The van der Waals surface area contributed by atoms with Crippen molar-refractivity contribution in [2.24, 2.45) is 11.8 Å². The van der Waals surface area contributed by atoms with Gasteiger partial charge in [-0.3, -0.25) is 4.79 Å². The second-order valence-electron chi connectivity index (χ2n) is 5.03. The number of likely N-dealkylation sites (N-methyl/N-ethyl adjacent to an activating group) is 1. The number of ether oxygens (including phenoxy) is 2. The summed E-state index contributed by atoms with van der Waals surface area (Å²) in [4.78, 5) is 13.3. The van der Waals surface area contributed by atoms with Crippen molar-refractivity contribution in [3.8, 4) is 0 Å². The Labute approximate surface area is 104 Å². The SMILES string of the molecule is CCC1OC(OC)C(N(C)C(C)=O)C(C)C1C. The van der Waals surface area contributed by atoms with Crippen molar-refractivity contribution in [3.63, 3.8) is 0 Å². The van der Waals surface area contributed by atoms with Crippen LogP contribution in [0, 0.1) is 11.8 Å². The van der Waals surface area contributed by atoms with Gasteiger partial charge in [-0.15, -0.1) is 0 Å². The van der Waals surface area contributed by atoms with Crippen LogP contribution >= 0.6 is 0 Å². The van der Waals surface area contributed by atoms with Gasteiger partial charge in [0.25, 0.3) is 0 Å². The van der Waals surface area contributed by atoms with Crippen molar-refractivity contribution in [1.82, 2.24) is 4.90 Å². The minimum Gasteiger partial charge on any atom is -0.354 e. The summed E-state index contributed by atoms with van der Waals surface area (Å²) in [7, 11) is 3.46. The predicted molar refractivity (Wildman–Crippen MR) is 66.5 cm³/mol. The summed E-state index contributed by atoms with van der Waals surface area (Å²) >= 11 is 0. The maximum absolute atomic E-state index is 11.5. The standard InChI is InChI=1S/C13H25NO3/c1-7-11-8(2)9(3)12(13(16-6)17-11)14(5)10(4)15/h8-9,11-13H,7H2,1-6H3. The number of hydrogen-bond acceptors (Lipinski definition) is 3. The monoisotopic (exact) mass is 243 g/mol. The van der Waals surface area contributed by atoms with Gasteiger partial charge in [0.2, 0.25) is 5.91 Å². The fourth-order valence-electron chi connectivity index (χ4n) is 2.68. The first-order valence-electron chi connectivity index (χ1n) is 6.35. The molecular formula is C13H25NO3. The molecule has 1 amide bonds. The van der Waals surface area contributed by atoms with Crippen LogP contribution in [0.15, 0.2) is 0 Å². The van der Waals surface area contributed by atoms with Crippen LogP contribution in [-0.2, 0) is 14.3 Å². The summed E-state index contributed by atoms with van der Waals surface area (Å²) in [6, 6.07) is -0.00435. The van der Waals surface area contributed by atoms with Crippen molar-refractivity contribution < 1.29 is 14.3 Å². The normalized spacial score (nSPS) is 37.9. The largest absolute Gasteiger partial charge is 0.354 e. The summed E-state index contributed by atoms with van der Waals surface area (Å²) in [6.45, 7) is 8.06. The van der Waals surface area contributed by atoms with Crippen LogP contribution in [0.5, 0.6) is 0 Å². The Morgan fingerprint density at radius 3 is 2.35 bits per heavy atom. The van der Waals surface area contributed by atoms with E-state index in [2.05, 4.69) is 20.8 Å². The van der Waals surface area contributed by atoms with E-state index in [1.54, 1.807) is 18.9 Å². The number of methoxy groups -OCH3 is 1. The van der Waals surface area contributed by atoms with Gasteiger partial charge in [-0.2, -0.15) is 0 Å². The highest BCUT2D eigenvalue weighted by Crippen LogP contribution is 2.34. The lowest BCUT2D eigenvalue weighted by Gasteiger charge is -2.47. The van der Waals surface area contributed by atoms with Crippen molar-refractivity contribution in [3.05, 3.63) is 0 Å². The molecule has 0 spiro atoms. The van der Waals surface area contributed by atoms with Crippen molar-refractivity contribution in [2.75, 3.05) is 14.2 Å². The van der Waals surface area contributed by atoms with Gasteiger partial charge in [-0.1, -0.05) is 20.8 Å². The number of nitrogens with zero attached hydrogens (tertiary/aromatic N) is 1. The van der Waals surface area contributed by atoms with Crippen LogP contribution in [0.1, 0.15) is 34.1 Å². The molecule has 1 aliphatic rings. The molecule has 0 saturated carbocycles. The topological polar surface area (TPSA) is 38.8 Å². The van der Waals surface area contributed by atoms with E-state index in [-0.39, 0.29) is 24.3 Å². The Morgan fingerprint density at radius 2 is 1.94 bits per heavy atom. The summed E-state index contributed by atoms with van der Waals surface area (Å²) in [5, 5.41) is 0. The molecule has 1 heterocycles. The Morgan fingerprint density at radius 1 is 1.35 bits per heavy atom. The molecule has 0 aromatic carbocycles. The molecule has 0 radical (unpaired) electrons. The smallest absolute Gasteiger partial charge is 0.219 e. The highest BCUT2D eigenvalue weighted by Gasteiger charge is 2.43. The number of carbonyl (C=O) groups excluding carboxylic acids is 1.